The third kappa shape index (κ3) is 1.76. The Kier molecular flexibility index (Phi) is 2.61. The van der Waals surface area contributed by atoms with Crippen LogP contribution in [0.5, 0.6) is 5.75 Å². The maximum absolute atomic E-state index is 10.7. The SMILES string of the molecule is CCOc1cc([N+](=O)[O-])cc2sc(N)nc12. The number of rotatable bonds is 3. The van der Waals surface area contributed by atoms with E-state index in [0.717, 1.165) is 0 Å². The lowest BCUT2D eigenvalue weighted by atomic mass is 10.3. The molecule has 0 aliphatic rings. The Morgan fingerprint density at radius 2 is 2.38 bits per heavy atom. The van der Waals surface area contributed by atoms with E-state index in [9.17, 15) is 10.1 Å². The number of thiazole rings is 1. The Balaban J connectivity index is 2.67. The number of fused-ring (bicyclic) bond motifs is 1. The second-order valence-electron chi connectivity index (χ2n) is 3.03. The van der Waals surface area contributed by atoms with Crippen molar-refractivity contribution in [1.29, 1.82) is 0 Å². The molecular formula is C9H9N3O3S. The van der Waals surface area contributed by atoms with Crippen molar-refractivity contribution in [3.63, 3.8) is 0 Å². The molecule has 1 aromatic heterocycles. The van der Waals surface area contributed by atoms with Crippen LogP contribution in [0.3, 0.4) is 0 Å². The van der Waals surface area contributed by atoms with E-state index in [0.29, 0.717) is 27.7 Å². The van der Waals surface area contributed by atoms with Crippen molar-refractivity contribution in [3.05, 3.63) is 22.2 Å². The molecule has 0 amide bonds. The number of aromatic nitrogens is 1. The normalized spacial score (nSPS) is 10.6. The zero-order valence-electron chi connectivity index (χ0n) is 8.47. The lowest BCUT2D eigenvalue weighted by Gasteiger charge is -2.02. The molecule has 0 spiro atoms. The van der Waals surface area contributed by atoms with E-state index in [2.05, 4.69) is 4.98 Å². The number of nitrogens with two attached hydrogens (primary N) is 1. The second kappa shape index (κ2) is 3.93. The fraction of sp³-hybridized carbons (Fsp3) is 0.222. The number of hydrogen-bond acceptors (Lipinski definition) is 6. The van der Waals surface area contributed by atoms with E-state index in [1.807, 2.05) is 0 Å². The first-order valence-corrected chi connectivity index (χ1v) is 5.40. The van der Waals surface area contributed by atoms with Crippen LogP contribution in [0, 0.1) is 10.1 Å². The van der Waals surface area contributed by atoms with Gasteiger partial charge in [0.25, 0.3) is 5.69 Å². The maximum Gasteiger partial charge on any atom is 0.274 e. The average molecular weight is 239 g/mol. The highest BCUT2D eigenvalue weighted by Gasteiger charge is 2.15. The van der Waals surface area contributed by atoms with Gasteiger partial charge in [0.15, 0.2) is 10.9 Å². The van der Waals surface area contributed by atoms with Crippen LogP contribution in [0.25, 0.3) is 10.2 Å². The predicted molar refractivity (Wildman–Crippen MR) is 61.9 cm³/mol. The van der Waals surface area contributed by atoms with Gasteiger partial charge in [0.1, 0.15) is 5.52 Å². The number of non-ortho nitro benzene ring substituents is 1. The number of ether oxygens (including phenoxy) is 1. The van der Waals surface area contributed by atoms with Gasteiger partial charge in [-0.05, 0) is 6.92 Å². The molecule has 84 valence electrons. The predicted octanol–water partition coefficient (Wildman–Crippen LogP) is 2.19. The highest BCUT2D eigenvalue weighted by atomic mass is 32.1. The fourth-order valence-electron chi connectivity index (χ4n) is 1.37. The van der Waals surface area contributed by atoms with Gasteiger partial charge in [-0.1, -0.05) is 11.3 Å². The number of nitro groups is 1. The minimum Gasteiger partial charge on any atom is -0.491 e. The fourth-order valence-corrected chi connectivity index (χ4v) is 2.16. The summed E-state index contributed by atoms with van der Waals surface area (Å²) in [7, 11) is 0. The summed E-state index contributed by atoms with van der Waals surface area (Å²) in [6.45, 7) is 2.23. The molecule has 2 N–H and O–H groups in total. The van der Waals surface area contributed by atoms with E-state index in [4.69, 9.17) is 10.5 Å². The monoisotopic (exact) mass is 239 g/mol. The van der Waals surface area contributed by atoms with Gasteiger partial charge in [-0.25, -0.2) is 4.98 Å². The molecule has 0 saturated carbocycles. The standard InChI is InChI=1S/C9H9N3O3S/c1-2-15-6-3-5(12(13)14)4-7-8(6)11-9(10)16-7/h3-4H,2H2,1H3,(H2,10,11). The molecule has 0 unspecified atom stereocenters. The molecule has 16 heavy (non-hydrogen) atoms. The number of benzene rings is 1. The zero-order valence-corrected chi connectivity index (χ0v) is 9.28. The maximum atomic E-state index is 10.7. The summed E-state index contributed by atoms with van der Waals surface area (Å²) in [5.74, 6) is 0.402. The van der Waals surface area contributed by atoms with Crippen molar-refractivity contribution in [1.82, 2.24) is 4.98 Å². The molecule has 6 nitrogen and oxygen atoms in total. The summed E-state index contributed by atoms with van der Waals surface area (Å²) in [5, 5.41) is 11.1. The van der Waals surface area contributed by atoms with Crippen LogP contribution < -0.4 is 10.5 Å². The van der Waals surface area contributed by atoms with E-state index in [1.165, 1.54) is 23.5 Å². The molecule has 0 saturated heterocycles. The summed E-state index contributed by atoms with van der Waals surface area (Å²) < 4.78 is 5.97. The summed E-state index contributed by atoms with van der Waals surface area (Å²) in [6, 6.07) is 2.82. The lowest BCUT2D eigenvalue weighted by molar-refractivity contribution is -0.384. The number of hydrogen-bond donors (Lipinski definition) is 1. The van der Waals surface area contributed by atoms with E-state index >= 15 is 0 Å². The third-order valence-electron chi connectivity index (χ3n) is 1.97. The van der Waals surface area contributed by atoms with E-state index in [-0.39, 0.29) is 5.69 Å². The molecule has 0 aliphatic carbocycles. The van der Waals surface area contributed by atoms with E-state index < -0.39 is 4.92 Å². The van der Waals surface area contributed by atoms with Gasteiger partial charge >= 0.3 is 0 Å². The summed E-state index contributed by atoms with van der Waals surface area (Å²) >= 11 is 1.21. The summed E-state index contributed by atoms with van der Waals surface area (Å²) in [6.07, 6.45) is 0. The number of nitrogen functional groups attached to an aromatic ring is 1. The smallest absolute Gasteiger partial charge is 0.274 e. The van der Waals surface area contributed by atoms with Gasteiger partial charge in [0.2, 0.25) is 0 Å². The molecule has 0 atom stereocenters. The van der Waals surface area contributed by atoms with Crippen molar-refractivity contribution in [2.75, 3.05) is 12.3 Å². The number of nitro benzene ring substituents is 1. The number of anilines is 1. The molecule has 0 radical (unpaired) electrons. The first-order valence-electron chi connectivity index (χ1n) is 4.59. The van der Waals surface area contributed by atoms with Crippen LogP contribution in [0.4, 0.5) is 10.8 Å². The van der Waals surface area contributed by atoms with Gasteiger partial charge in [-0.3, -0.25) is 10.1 Å². The Bertz CT molecular complexity index is 552. The molecule has 0 bridgehead atoms. The average Bonchev–Trinajstić information content (AvgIpc) is 2.58. The Hall–Kier alpha value is -1.89. The summed E-state index contributed by atoms with van der Waals surface area (Å²) in [4.78, 5) is 14.3. The van der Waals surface area contributed by atoms with Crippen LogP contribution in [0.1, 0.15) is 6.92 Å². The van der Waals surface area contributed by atoms with Crippen LogP contribution in [0.15, 0.2) is 12.1 Å². The molecule has 1 aromatic carbocycles. The second-order valence-corrected chi connectivity index (χ2v) is 4.10. The van der Waals surface area contributed by atoms with Crippen LogP contribution in [-0.4, -0.2) is 16.5 Å². The van der Waals surface area contributed by atoms with Crippen molar-refractivity contribution in [3.8, 4) is 5.75 Å². The van der Waals surface area contributed by atoms with Crippen LogP contribution in [-0.2, 0) is 0 Å². The molecule has 2 rings (SSSR count). The first kappa shape index (κ1) is 10.6. The molecule has 0 aliphatic heterocycles. The van der Waals surface area contributed by atoms with Crippen molar-refractivity contribution in [2.45, 2.75) is 6.92 Å². The highest BCUT2D eigenvalue weighted by molar-refractivity contribution is 7.22. The molecule has 1 heterocycles. The zero-order chi connectivity index (χ0) is 11.7. The minimum absolute atomic E-state index is 0.0143. The number of nitrogens with zero attached hydrogens (tertiary/aromatic N) is 2. The van der Waals surface area contributed by atoms with Crippen molar-refractivity contribution < 1.29 is 9.66 Å². The Labute approximate surface area is 94.8 Å². The third-order valence-corrected chi connectivity index (χ3v) is 2.80. The van der Waals surface area contributed by atoms with Crippen molar-refractivity contribution >= 4 is 32.4 Å². The van der Waals surface area contributed by atoms with Crippen LogP contribution >= 0.6 is 11.3 Å². The molecule has 2 aromatic rings. The molecular weight excluding hydrogens is 230 g/mol. The molecule has 0 fully saturated rings. The highest BCUT2D eigenvalue weighted by Crippen LogP contribution is 2.35. The van der Waals surface area contributed by atoms with Gasteiger partial charge in [-0.15, -0.1) is 0 Å². The Morgan fingerprint density at radius 1 is 1.62 bits per heavy atom. The largest absolute Gasteiger partial charge is 0.491 e. The summed E-state index contributed by atoms with van der Waals surface area (Å²) in [5.41, 5.74) is 6.13. The van der Waals surface area contributed by atoms with Gasteiger partial charge in [-0.2, -0.15) is 0 Å². The minimum atomic E-state index is -0.460. The lowest BCUT2D eigenvalue weighted by Crippen LogP contribution is -1.95. The van der Waals surface area contributed by atoms with Gasteiger partial charge < -0.3 is 10.5 Å². The quantitative estimate of drug-likeness (QED) is 0.654. The van der Waals surface area contributed by atoms with Gasteiger partial charge in [0.05, 0.1) is 22.3 Å². The van der Waals surface area contributed by atoms with E-state index in [1.54, 1.807) is 6.92 Å². The van der Waals surface area contributed by atoms with Gasteiger partial charge in [0, 0.05) is 6.07 Å². The molecule has 7 heteroatoms. The van der Waals surface area contributed by atoms with Crippen molar-refractivity contribution in [2.24, 2.45) is 0 Å². The first-order chi connectivity index (χ1) is 7.61. The Morgan fingerprint density at radius 3 is 3.00 bits per heavy atom. The van der Waals surface area contributed by atoms with Crippen LogP contribution in [0.2, 0.25) is 0 Å². The topological polar surface area (TPSA) is 91.3 Å².